The average Bonchev–Trinajstić information content (AvgIpc) is 3.07. The van der Waals surface area contributed by atoms with Gasteiger partial charge in [0.05, 0.1) is 13.7 Å². The summed E-state index contributed by atoms with van der Waals surface area (Å²) < 4.78 is 16.3. The third-order valence-electron chi connectivity index (χ3n) is 3.54. The van der Waals surface area contributed by atoms with Crippen LogP contribution in [0.15, 0.2) is 29.6 Å². The molecule has 0 saturated heterocycles. The van der Waals surface area contributed by atoms with E-state index in [-0.39, 0.29) is 0 Å². The lowest BCUT2D eigenvalue weighted by atomic mass is 10.1. The molecule has 0 fully saturated rings. The van der Waals surface area contributed by atoms with Crippen molar-refractivity contribution < 1.29 is 19.0 Å². The fraction of sp³-hybridized carbons (Fsp3) is 0.389. The molecule has 24 heavy (non-hydrogen) atoms. The van der Waals surface area contributed by atoms with E-state index in [1.54, 1.807) is 25.6 Å². The molecule has 2 aromatic rings. The zero-order valence-corrected chi connectivity index (χ0v) is 14.9. The Morgan fingerprint density at radius 2 is 2.04 bits per heavy atom. The Morgan fingerprint density at radius 3 is 2.79 bits per heavy atom. The average molecular weight is 349 g/mol. The first-order valence-corrected chi connectivity index (χ1v) is 8.71. The van der Waals surface area contributed by atoms with Gasteiger partial charge in [-0.15, -0.1) is 11.3 Å². The first-order chi connectivity index (χ1) is 11.8. The molecule has 0 saturated carbocycles. The van der Waals surface area contributed by atoms with E-state index in [9.17, 15) is 4.79 Å². The predicted octanol–water partition coefficient (Wildman–Crippen LogP) is 3.13. The molecular formula is C18H23NO4S. The molecule has 0 unspecified atom stereocenters. The van der Waals surface area contributed by atoms with Crippen molar-refractivity contribution in [3.8, 4) is 21.9 Å². The van der Waals surface area contributed by atoms with Gasteiger partial charge in [0.15, 0.2) is 11.5 Å². The molecular weight excluding hydrogens is 326 g/mol. The summed E-state index contributed by atoms with van der Waals surface area (Å²) in [7, 11) is 3.32. The number of amides is 1. The Morgan fingerprint density at radius 1 is 1.17 bits per heavy atom. The maximum absolute atomic E-state index is 10.4. The first kappa shape index (κ1) is 18.3. The van der Waals surface area contributed by atoms with Crippen LogP contribution < -0.4 is 14.8 Å². The lowest BCUT2D eigenvalue weighted by molar-refractivity contribution is -0.109. The van der Waals surface area contributed by atoms with Gasteiger partial charge in [0.25, 0.3) is 0 Å². The van der Waals surface area contributed by atoms with Crippen LogP contribution in [0.2, 0.25) is 0 Å². The van der Waals surface area contributed by atoms with Gasteiger partial charge in [0, 0.05) is 31.6 Å². The van der Waals surface area contributed by atoms with Crippen molar-refractivity contribution >= 4 is 17.7 Å². The van der Waals surface area contributed by atoms with Crippen molar-refractivity contribution in [2.45, 2.75) is 12.8 Å². The molecule has 0 aliphatic carbocycles. The molecule has 0 atom stereocenters. The number of rotatable bonds is 11. The third kappa shape index (κ3) is 4.97. The number of ether oxygens (including phenoxy) is 3. The fourth-order valence-corrected chi connectivity index (χ4v) is 3.32. The summed E-state index contributed by atoms with van der Waals surface area (Å²) in [4.78, 5) is 11.6. The highest BCUT2D eigenvalue weighted by atomic mass is 32.1. The highest BCUT2D eigenvalue weighted by molar-refractivity contribution is 7.13. The SMILES string of the molecule is COCCCOc1cc(-c2sccc2CCNC=O)ccc1OC. The second-order valence-electron chi connectivity index (χ2n) is 5.16. The quantitative estimate of drug-likeness (QED) is 0.500. The molecule has 2 rings (SSSR count). The molecule has 1 N–H and O–H groups in total. The molecule has 0 radical (unpaired) electrons. The highest BCUT2D eigenvalue weighted by Crippen LogP contribution is 2.36. The standard InChI is InChI=1S/C18H23NO4S/c1-21-9-3-10-23-17-12-15(4-5-16(17)22-2)18-14(7-11-24-18)6-8-19-13-20/h4-5,7,11-13H,3,6,8-10H2,1-2H3,(H,19,20). The van der Waals surface area contributed by atoms with Crippen molar-refractivity contribution in [2.24, 2.45) is 0 Å². The van der Waals surface area contributed by atoms with E-state index in [1.807, 2.05) is 18.2 Å². The van der Waals surface area contributed by atoms with Crippen LogP contribution in [-0.2, 0) is 16.0 Å². The van der Waals surface area contributed by atoms with Crippen LogP contribution in [0.4, 0.5) is 0 Å². The summed E-state index contributed by atoms with van der Waals surface area (Å²) >= 11 is 1.68. The van der Waals surface area contributed by atoms with E-state index >= 15 is 0 Å². The smallest absolute Gasteiger partial charge is 0.207 e. The fourth-order valence-electron chi connectivity index (χ4n) is 2.37. The Balaban J connectivity index is 2.15. The van der Waals surface area contributed by atoms with Gasteiger partial charge in [0.2, 0.25) is 6.41 Å². The maximum Gasteiger partial charge on any atom is 0.207 e. The number of carbonyl (C=O) groups is 1. The van der Waals surface area contributed by atoms with Crippen LogP contribution in [0.25, 0.3) is 10.4 Å². The predicted molar refractivity (Wildman–Crippen MR) is 96.1 cm³/mol. The Hall–Kier alpha value is -2.05. The van der Waals surface area contributed by atoms with Crippen LogP contribution in [0.3, 0.4) is 0 Å². The number of thiophene rings is 1. The van der Waals surface area contributed by atoms with Crippen molar-refractivity contribution in [3.05, 3.63) is 35.2 Å². The highest BCUT2D eigenvalue weighted by Gasteiger charge is 2.11. The van der Waals surface area contributed by atoms with Gasteiger partial charge < -0.3 is 19.5 Å². The number of benzene rings is 1. The second-order valence-corrected chi connectivity index (χ2v) is 6.07. The van der Waals surface area contributed by atoms with Gasteiger partial charge in [0.1, 0.15) is 0 Å². The summed E-state index contributed by atoms with van der Waals surface area (Å²) in [5, 5.41) is 4.77. The molecule has 0 spiro atoms. The maximum atomic E-state index is 10.4. The monoisotopic (exact) mass is 349 g/mol. The van der Waals surface area contributed by atoms with Gasteiger partial charge >= 0.3 is 0 Å². The zero-order valence-electron chi connectivity index (χ0n) is 14.0. The minimum Gasteiger partial charge on any atom is -0.493 e. The van der Waals surface area contributed by atoms with E-state index in [0.717, 1.165) is 36.3 Å². The summed E-state index contributed by atoms with van der Waals surface area (Å²) in [6.07, 6.45) is 2.35. The molecule has 0 bridgehead atoms. The third-order valence-corrected chi connectivity index (χ3v) is 4.55. The van der Waals surface area contributed by atoms with Crippen LogP contribution in [0.1, 0.15) is 12.0 Å². The molecule has 1 aromatic heterocycles. The largest absolute Gasteiger partial charge is 0.493 e. The topological polar surface area (TPSA) is 56.8 Å². The molecule has 1 amide bonds. The molecule has 6 heteroatoms. The first-order valence-electron chi connectivity index (χ1n) is 7.83. The van der Waals surface area contributed by atoms with Crippen LogP contribution in [-0.4, -0.2) is 40.4 Å². The Kier molecular flexibility index (Phi) is 7.58. The van der Waals surface area contributed by atoms with Crippen molar-refractivity contribution in [1.29, 1.82) is 0 Å². The van der Waals surface area contributed by atoms with Gasteiger partial charge in [-0.05, 0) is 47.2 Å². The van der Waals surface area contributed by atoms with Crippen LogP contribution >= 0.6 is 11.3 Å². The number of nitrogens with one attached hydrogen (secondary N) is 1. The lowest BCUT2D eigenvalue weighted by Crippen LogP contribution is -2.14. The van der Waals surface area contributed by atoms with E-state index in [0.29, 0.717) is 19.8 Å². The number of carbonyl (C=O) groups excluding carboxylic acids is 1. The Labute approximate surface area is 146 Å². The molecule has 5 nitrogen and oxygen atoms in total. The minimum atomic E-state index is 0.578. The number of hydrogen-bond acceptors (Lipinski definition) is 5. The molecule has 1 heterocycles. The normalized spacial score (nSPS) is 10.4. The molecule has 0 aliphatic rings. The second kappa shape index (κ2) is 9.95. The minimum absolute atomic E-state index is 0.578. The summed E-state index contributed by atoms with van der Waals surface area (Å²) in [5.74, 6) is 1.45. The van der Waals surface area contributed by atoms with Gasteiger partial charge in [-0.3, -0.25) is 4.79 Å². The van der Waals surface area contributed by atoms with Crippen molar-refractivity contribution in [1.82, 2.24) is 5.32 Å². The van der Waals surface area contributed by atoms with E-state index in [1.165, 1.54) is 10.4 Å². The number of methoxy groups -OCH3 is 2. The Bertz CT molecular complexity index is 642. The van der Waals surface area contributed by atoms with Crippen LogP contribution in [0.5, 0.6) is 11.5 Å². The van der Waals surface area contributed by atoms with Crippen LogP contribution in [0, 0.1) is 0 Å². The summed E-state index contributed by atoms with van der Waals surface area (Å²) in [6, 6.07) is 8.06. The zero-order chi connectivity index (χ0) is 17.2. The molecule has 130 valence electrons. The van der Waals surface area contributed by atoms with Gasteiger partial charge in [-0.1, -0.05) is 0 Å². The van der Waals surface area contributed by atoms with E-state index in [4.69, 9.17) is 14.2 Å². The summed E-state index contributed by atoms with van der Waals surface area (Å²) in [5.41, 5.74) is 2.30. The van der Waals surface area contributed by atoms with Crippen molar-refractivity contribution in [3.63, 3.8) is 0 Å². The van der Waals surface area contributed by atoms with E-state index in [2.05, 4.69) is 16.8 Å². The van der Waals surface area contributed by atoms with Gasteiger partial charge in [-0.2, -0.15) is 0 Å². The van der Waals surface area contributed by atoms with Crippen molar-refractivity contribution in [2.75, 3.05) is 34.0 Å². The van der Waals surface area contributed by atoms with E-state index < -0.39 is 0 Å². The molecule has 0 aliphatic heterocycles. The lowest BCUT2D eigenvalue weighted by Gasteiger charge is -2.12. The summed E-state index contributed by atoms with van der Waals surface area (Å²) in [6.45, 7) is 1.87. The molecule has 1 aromatic carbocycles. The van der Waals surface area contributed by atoms with Gasteiger partial charge in [-0.25, -0.2) is 0 Å². The number of hydrogen-bond donors (Lipinski definition) is 1.